The van der Waals surface area contributed by atoms with E-state index in [4.69, 9.17) is 28.2 Å². The molecule has 0 aromatic heterocycles. The van der Waals surface area contributed by atoms with Crippen LogP contribution in [0.25, 0.3) is 0 Å². The first-order chi connectivity index (χ1) is 19.1. The Morgan fingerprint density at radius 2 is 1.29 bits per heavy atom. The van der Waals surface area contributed by atoms with Crippen LogP contribution >= 0.6 is 0 Å². The first kappa shape index (κ1) is 27.3. The molecule has 17 heteroatoms. The molecule has 0 radical (unpaired) electrons. The zero-order chi connectivity index (χ0) is 29.4. The van der Waals surface area contributed by atoms with E-state index < -0.39 is 94.1 Å². The number of fused-ring (bicyclic) bond motifs is 2. The van der Waals surface area contributed by atoms with E-state index in [2.05, 4.69) is 0 Å². The number of alkyl halides is 4. The van der Waals surface area contributed by atoms with Gasteiger partial charge in [0.05, 0.1) is 17.8 Å². The number of carbonyl (C=O) groups excluding carboxylic acids is 4. The highest BCUT2D eigenvalue weighted by atomic mass is 32.2. The van der Waals surface area contributed by atoms with Crippen LogP contribution < -0.4 is 0 Å². The molecule has 7 fully saturated rings. The predicted molar refractivity (Wildman–Crippen MR) is 117 cm³/mol. The molecule has 0 aromatic rings. The summed E-state index contributed by atoms with van der Waals surface area (Å²) in [4.78, 5) is 50.2. The lowest BCUT2D eigenvalue weighted by Crippen LogP contribution is -2.55. The van der Waals surface area contributed by atoms with Crippen LogP contribution in [0.2, 0.25) is 0 Å². The van der Waals surface area contributed by atoms with Crippen molar-refractivity contribution in [2.75, 3.05) is 0 Å². The van der Waals surface area contributed by atoms with Gasteiger partial charge in [0, 0.05) is 23.7 Å². The third-order valence-electron chi connectivity index (χ3n) is 10.1. The maximum atomic E-state index is 15.2. The van der Waals surface area contributed by atoms with Gasteiger partial charge < -0.3 is 23.7 Å². The summed E-state index contributed by atoms with van der Waals surface area (Å²) in [6, 6.07) is 0. The minimum absolute atomic E-state index is 0.186. The van der Waals surface area contributed by atoms with E-state index >= 15 is 8.78 Å². The summed E-state index contributed by atoms with van der Waals surface area (Å²) >= 11 is 0. The van der Waals surface area contributed by atoms with Gasteiger partial charge in [-0.3, -0.25) is 14.1 Å². The first-order valence-corrected chi connectivity index (χ1v) is 14.7. The maximum absolute atomic E-state index is 15.2. The average molecular weight is 613 g/mol. The topological polar surface area (TPSA) is 169 Å². The molecule has 7 rings (SSSR count). The standard InChI is InChI=1S/C24H24F4O12S/c25-23(26,24(27,28)41(33,34)35)12-5-13(21(31)37-14-6-1-8-10(3-6)19(29)39-16(8)14)36-18(12)22(32)38-15-7-2-9-11(4-7)20(30)40-17(9)15/h6-18H,1-5H2,(H,33,34,35). The highest BCUT2D eigenvalue weighted by molar-refractivity contribution is 7.87. The van der Waals surface area contributed by atoms with Crippen LogP contribution in [0.15, 0.2) is 0 Å². The molecule has 7 aliphatic rings. The van der Waals surface area contributed by atoms with Crippen molar-refractivity contribution in [3.8, 4) is 0 Å². The van der Waals surface area contributed by atoms with E-state index in [0.29, 0.717) is 25.7 Å². The molecule has 1 N–H and O–H groups in total. The molecule has 41 heavy (non-hydrogen) atoms. The van der Waals surface area contributed by atoms with Gasteiger partial charge in [0.1, 0.15) is 24.4 Å². The zero-order valence-electron chi connectivity index (χ0n) is 20.9. The normalized spacial score (nSPS) is 45.7. The van der Waals surface area contributed by atoms with Crippen molar-refractivity contribution in [2.45, 2.75) is 79.9 Å². The number of hydrogen-bond acceptors (Lipinski definition) is 11. The van der Waals surface area contributed by atoms with Crippen LogP contribution in [0.4, 0.5) is 17.6 Å². The van der Waals surface area contributed by atoms with E-state index in [1.54, 1.807) is 0 Å². The molecule has 4 saturated carbocycles. The SMILES string of the molecule is O=C(OC1C2CC3C(=O)OC1C3C2)C1CC(C(F)(F)C(F)(F)S(=O)(=O)O)C(C(=O)OC2C3CC4C(=O)OC2C4C3)O1. The lowest BCUT2D eigenvalue weighted by Gasteiger charge is -2.32. The van der Waals surface area contributed by atoms with E-state index in [1.807, 2.05) is 0 Å². The van der Waals surface area contributed by atoms with E-state index in [9.17, 15) is 36.4 Å². The largest absolute Gasteiger partial charge is 0.458 e. The number of esters is 4. The van der Waals surface area contributed by atoms with Gasteiger partial charge in [-0.2, -0.15) is 26.0 Å². The lowest BCUT2D eigenvalue weighted by molar-refractivity contribution is -0.211. The fourth-order valence-electron chi connectivity index (χ4n) is 8.32. The van der Waals surface area contributed by atoms with Crippen LogP contribution in [0, 0.1) is 41.4 Å². The number of hydrogen-bond donors (Lipinski definition) is 1. The van der Waals surface area contributed by atoms with Crippen molar-refractivity contribution in [1.29, 1.82) is 0 Å². The Hall–Kier alpha value is -2.53. The summed E-state index contributed by atoms with van der Waals surface area (Å²) < 4.78 is 117. The molecule has 0 spiro atoms. The van der Waals surface area contributed by atoms with Gasteiger partial charge in [0.25, 0.3) is 0 Å². The summed E-state index contributed by atoms with van der Waals surface area (Å²) in [5.41, 5.74) is 0. The molecule has 13 unspecified atom stereocenters. The second-order valence-corrected chi connectivity index (χ2v) is 13.6. The molecule has 3 aliphatic heterocycles. The molecule has 4 aliphatic carbocycles. The van der Waals surface area contributed by atoms with Gasteiger partial charge in [-0.15, -0.1) is 0 Å². The predicted octanol–water partition coefficient (Wildman–Crippen LogP) is 0.862. The van der Waals surface area contributed by atoms with Crippen molar-refractivity contribution in [1.82, 2.24) is 0 Å². The Kier molecular flexibility index (Phi) is 5.68. The number of halogens is 4. The molecule has 13 atom stereocenters. The van der Waals surface area contributed by atoms with E-state index in [0.717, 1.165) is 0 Å². The minimum atomic E-state index is -6.68. The number of carbonyl (C=O) groups is 4. The Labute approximate surface area is 229 Å². The average Bonchev–Trinajstić information content (AvgIpc) is 3.70. The van der Waals surface area contributed by atoms with Gasteiger partial charge in [-0.05, 0) is 32.1 Å². The maximum Gasteiger partial charge on any atom is 0.431 e. The first-order valence-electron chi connectivity index (χ1n) is 13.3. The summed E-state index contributed by atoms with van der Waals surface area (Å²) in [7, 11) is -6.68. The van der Waals surface area contributed by atoms with Gasteiger partial charge in [0.15, 0.2) is 12.2 Å². The monoisotopic (exact) mass is 612 g/mol. The molecule has 0 aromatic carbocycles. The van der Waals surface area contributed by atoms with E-state index in [-0.39, 0.29) is 35.5 Å². The fourth-order valence-corrected chi connectivity index (χ4v) is 8.81. The third kappa shape index (κ3) is 3.66. The van der Waals surface area contributed by atoms with Gasteiger partial charge in [-0.1, -0.05) is 0 Å². The van der Waals surface area contributed by atoms with Crippen LogP contribution in [0.1, 0.15) is 32.1 Å². The van der Waals surface area contributed by atoms with Crippen molar-refractivity contribution in [2.24, 2.45) is 41.4 Å². The fraction of sp³-hybridized carbons (Fsp3) is 0.833. The van der Waals surface area contributed by atoms with Crippen LogP contribution in [-0.4, -0.2) is 84.6 Å². The van der Waals surface area contributed by atoms with Crippen LogP contribution in [0.5, 0.6) is 0 Å². The number of ether oxygens (including phenoxy) is 5. The Morgan fingerprint density at radius 1 is 0.805 bits per heavy atom. The lowest BCUT2D eigenvalue weighted by atomic mass is 9.87. The molecule has 4 bridgehead atoms. The zero-order valence-corrected chi connectivity index (χ0v) is 21.7. The van der Waals surface area contributed by atoms with Gasteiger partial charge in [0.2, 0.25) is 0 Å². The van der Waals surface area contributed by atoms with Crippen molar-refractivity contribution in [3.63, 3.8) is 0 Å². The summed E-state index contributed by atoms with van der Waals surface area (Å²) in [6.45, 7) is 0. The smallest absolute Gasteiger partial charge is 0.431 e. The summed E-state index contributed by atoms with van der Waals surface area (Å²) in [5, 5.41) is -6.05. The molecule has 12 nitrogen and oxygen atoms in total. The molecular weight excluding hydrogens is 588 g/mol. The summed E-state index contributed by atoms with van der Waals surface area (Å²) in [6.07, 6.45) is -7.78. The quantitative estimate of drug-likeness (QED) is 0.187. The second kappa shape index (κ2) is 8.52. The number of rotatable bonds is 7. The van der Waals surface area contributed by atoms with Crippen molar-refractivity contribution < 1.29 is 73.4 Å². The molecule has 226 valence electrons. The second-order valence-electron chi connectivity index (χ2n) is 12.1. The minimum Gasteiger partial charge on any atom is -0.458 e. The highest BCUT2D eigenvalue weighted by Gasteiger charge is 2.73. The molecule has 3 heterocycles. The van der Waals surface area contributed by atoms with Crippen LogP contribution in [0.3, 0.4) is 0 Å². The molecule has 0 amide bonds. The molecular formula is C24H24F4O12S. The molecule has 3 saturated heterocycles. The third-order valence-corrected chi connectivity index (χ3v) is 11.1. The Bertz CT molecular complexity index is 1340. The Balaban J connectivity index is 1.12. The summed E-state index contributed by atoms with van der Waals surface area (Å²) in [5.74, 6) is -14.1. The van der Waals surface area contributed by atoms with Crippen LogP contribution in [-0.2, 0) is 53.0 Å². The van der Waals surface area contributed by atoms with Crippen molar-refractivity contribution in [3.05, 3.63) is 0 Å². The van der Waals surface area contributed by atoms with Crippen molar-refractivity contribution >= 4 is 34.0 Å². The highest BCUT2D eigenvalue weighted by Crippen LogP contribution is 2.57. The van der Waals surface area contributed by atoms with Gasteiger partial charge >= 0.3 is 45.2 Å². The van der Waals surface area contributed by atoms with E-state index in [1.165, 1.54) is 0 Å². The van der Waals surface area contributed by atoms with Gasteiger partial charge in [-0.25, -0.2) is 9.59 Å². The Morgan fingerprint density at radius 3 is 1.78 bits per heavy atom.